The molecule has 2 aromatic rings. The van der Waals surface area contributed by atoms with Crippen molar-refractivity contribution in [3.05, 3.63) is 53.8 Å². The van der Waals surface area contributed by atoms with E-state index in [1.165, 1.54) is 6.07 Å². The van der Waals surface area contributed by atoms with E-state index in [1.807, 2.05) is 24.3 Å². The number of hydrogen-bond donors (Lipinski definition) is 2. The molecule has 3 rings (SSSR count). The highest BCUT2D eigenvalue weighted by molar-refractivity contribution is 5.94. The normalized spacial score (nSPS) is 13.9. The van der Waals surface area contributed by atoms with Crippen molar-refractivity contribution in [1.29, 1.82) is 0 Å². The van der Waals surface area contributed by atoms with Gasteiger partial charge in [-0.05, 0) is 55.9 Å². The van der Waals surface area contributed by atoms with Gasteiger partial charge < -0.3 is 20.3 Å². The van der Waals surface area contributed by atoms with Crippen LogP contribution in [0.2, 0.25) is 0 Å². The fraction of sp³-hybridized carbons (Fsp3) is 0.364. The van der Waals surface area contributed by atoms with Crippen LogP contribution in [0, 0.1) is 12.7 Å². The van der Waals surface area contributed by atoms with Crippen molar-refractivity contribution in [2.75, 3.05) is 62.0 Å². The lowest BCUT2D eigenvalue weighted by Crippen LogP contribution is -2.36. The van der Waals surface area contributed by atoms with Crippen LogP contribution in [0.25, 0.3) is 0 Å². The van der Waals surface area contributed by atoms with E-state index in [0.29, 0.717) is 16.9 Å². The molecule has 0 bridgehead atoms. The van der Waals surface area contributed by atoms with E-state index >= 15 is 0 Å². The summed E-state index contributed by atoms with van der Waals surface area (Å²) in [7, 11) is 1.68. The summed E-state index contributed by atoms with van der Waals surface area (Å²) in [6.45, 7) is 4.87. The number of aryl methyl sites for hydroxylation is 1. The number of amides is 2. The van der Waals surface area contributed by atoms with Crippen LogP contribution >= 0.6 is 0 Å². The fourth-order valence-corrected chi connectivity index (χ4v) is 3.19. The lowest BCUT2D eigenvalue weighted by Gasteiger charge is -2.28. The van der Waals surface area contributed by atoms with Gasteiger partial charge in [0, 0.05) is 30.2 Å². The molecule has 0 radical (unpaired) electrons. The Morgan fingerprint density at radius 1 is 1.00 bits per heavy atom. The van der Waals surface area contributed by atoms with Gasteiger partial charge in [0.15, 0.2) is 0 Å². The predicted molar refractivity (Wildman–Crippen MR) is 115 cm³/mol. The van der Waals surface area contributed by atoms with E-state index in [2.05, 4.69) is 15.5 Å². The Morgan fingerprint density at radius 3 is 2.17 bits per heavy atom. The zero-order chi connectivity index (χ0) is 21.5. The minimum atomic E-state index is -0.375. The quantitative estimate of drug-likeness (QED) is 0.728. The van der Waals surface area contributed by atoms with Gasteiger partial charge in [0.1, 0.15) is 5.82 Å². The van der Waals surface area contributed by atoms with Crippen molar-refractivity contribution >= 4 is 28.9 Å². The summed E-state index contributed by atoms with van der Waals surface area (Å²) in [4.78, 5) is 28.2. The third-order valence-electron chi connectivity index (χ3n) is 4.81. The Hall–Kier alpha value is -2.97. The third kappa shape index (κ3) is 6.27. The molecule has 1 heterocycles. The molecular weight excluding hydrogens is 387 g/mol. The molecule has 0 saturated carbocycles. The molecule has 1 aliphatic rings. The minimum Gasteiger partial charge on any atom is -0.378 e. The molecule has 0 aliphatic carbocycles. The van der Waals surface area contributed by atoms with E-state index in [4.69, 9.17) is 4.74 Å². The molecule has 0 atom stereocenters. The molecule has 1 saturated heterocycles. The van der Waals surface area contributed by atoms with Crippen molar-refractivity contribution < 1.29 is 18.7 Å². The van der Waals surface area contributed by atoms with Crippen molar-refractivity contribution in [1.82, 2.24) is 4.90 Å². The number of halogens is 1. The van der Waals surface area contributed by atoms with E-state index in [9.17, 15) is 14.0 Å². The van der Waals surface area contributed by atoms with Gasteiger partial charge in [0.25, 0.3) is 0 Å². The first kappa shape index (κ1) is 21.7. The molecule has 7 nitrogen and oxygen atoms in total. The van der Waals surface area contributed by atoms with Crippen molar-refractivity contribution in [2.24, 2.45) is 0 Å². The molecule has 2 N–H and O–H groups in total. The maximum atomic E-state index is 13.6. The molecule has 0 unspecified atom stereocenters. The lowest BCUT2D eigenvalue weighted by molar-refractivity contribution is -0.119. The Kier molecular flexibility index (Phi) is 7.37. The minimum absolute atomic E-state index is 0.0128. The number of nitrogens with zero attached hydrogens (tertiary/aromatic N) is 2. The molecule has 0 aromatic heterocycles. The maximum absolute atomic E-state index is 13.6. The molecule has 1 aliphatic heterocycles. The first-order valence-electron chi connectivity index (χ1n) is 9.88. The van der Waals surface area contributed by atoms with E-state index in [1.54, 1.807) is 31.0 Å². The van der Waals surface area contributed by atoms with Crippen LogP contribution < -0.4 is 15.5 Å². The summed E-state index contributed by atoms with van der Waals surface area (Å²) >= 11 is 0. The highest BCUT2D eigenvalue weighted by atomic mass is 19.1. The highest BCUT2D eigenvalue weighted by Gasteiger charge is 2.13. The van der Waals surface area contributed by atoms with Crippen LogP contribution in [0.3, 0.4) is 0 Å². The first-order valence-corrected chi connectivity index (χ1v) is 9.88. The van der Waals surface area contributed by atoms with Gasteiger partial charge in [0.2, 0.25) is 11.8 Å². The van der Waals surface area contributed by atoms with Gasteiger partial charge in [-0.25, -0.2) is 4.39 Å². The van der Waals surface area contributed by atoms with Crippen molar-refractivity contribution in [2.45, 2.75) is 6.92 Å². The Balaban J connectivity index is 1.44. The van der Waals surface area contributed by atoms with Crippen LogP contribution in [0.1, 0.15) is 5.56 Å². The number of morpholine rings is 1. The average molecular weight is 414 g/mol. The van der Waals surface area contributed by atoms with Gasteiger partial charge in [-0.1, -0.05) is 6.07 Å². The van der Waals surface area contributed by atoms with Crippen molar-refractivity contribution in [3.63, 3.8) is 0 Å². The lowest BCUT2D eigenvalue weighted by atomic mass is 10.2. The second-order valence-corrected chi connectivity index (χ2v) is 7.38. The number of hydrogen-bond acceptors (Lipinski definition) is 5. The summed E-state index contributed by atoms with van der Waals surface area (Å²) < 4.78 is 18.9. The standard InChI is InChI=1S/C22H27FN4O3/c1-16-3-4-18(13-20(16)23)25-22(29)15-26(2)14-21(28)24-17-5-7-19(8-6-17)27-9-11-30-12-10-27/h3-8,13H,9-12,14-15H2,1-2H3,(H,24,28)(H,25,29). The Morgan fingerprint density at radius 2 is 1.57 bits per heavy atom. The van der Waals surface area contributed by atoms with Gasteiger partial charge in [-0.2, -0.15) is 0 Å². The number of carbonyl (C=O) groups excluding carboxylic acids is 2. The van der Waals surface area contributed by atoms with E-state index < -0.39 is 0 Å². The van der Waals surface area contributed by atoms with Crippen LogP contribution in [-0.2, 0) is 14.3 Å². The van der Waals surface area contributed by atoms with E-state index in [-0.39, 0.29) is 30.7 Å². The zero-order valence-electron chi connectivity index (χ0n) is 17.3. The Bertz CT molecular complexity index is 882. The zero-order valence-corrected chi connectivity index (χ0v) is 17.3. The van der Waals surface area contributed by atoms with Gasteiger partial charge in [0.05, 0.1) is 26.3 Å². The molecule has 30 heavy (non-hydrogen) atoms. The molecule has 8 heteroatoms. The van der Waals surface area contributed by atoms with Gasteiger partial charge >= 0.3 is 0 Å². The molecule has 2 aromatic carbocycles. The molecule has 160 valence electrons. The number of carbonyl (C=O) groups is 2. The first-order chi connectivity index (χ1) is 14.4. The second-order valence-electron chi connectivity index (χ2n) is 7.38. The number of ether oxygens (including phenoxy) is 1. The van der Waals surface area contributed by atoms with E-state index in [0.717, 1.165) is 32.0 Å². The summed E-state index contributed by atoms with van der Waals surface area (Å²) in [6, 6.07) is 12.2. The number of benzene rings is 2. The van der Waals surface area contributed by atoms with Crippen LogP contribution in [0.4, 0.5) is 21.5 Å². The molecule has 1 fully saturated rings. The molecule has 0 spiro atoms. The smallest absolute Gasteiger partial charge is 0.238 e. The van der Waals surface area contributed by atoms with Crippen molar-refractivity contribution in [3.8, 4) is 0 Å². The summed E-state index contributed by atoms with van der Waals surface area (Å²) in [5.41, 5.74) is 2.70. The van der Waals surface area contributed by atoms with Crippen LogP contribution in [0.15, 0.2) is 42.5 Å². The largest absolute Gasteiger partial charge is 0.378 e. The Labute approximate surface area is 175 Å². The molecule has 2 amide bonds. The fourth-order valence-electron chi connectivity index (χ4n) is 3.19. The van der Waals surface area contributed by atoms with Gasteiger partial charge in [-0.15, -0.1) is 0 Å². The summed E-state index contributed by atoms with van der Waals surface area (Å²) in [5, 5.41) is 5.47. The highest BCUT2D eigenvalue weighted by Crippen LogP contribution is 2.19. The predicted octanol–water partition coefficient (Wildman–Crippen LogP) is 2.48. The third-order valence-corrected chi connectivity index (χ3v) is 4.81. The number of rotatable bonds is 7. The summed E-state index contributed by atoms with van der Waals surface area (Å²) in [5.74, 6) is -0.908. The SMILES string of the molecule is Cc1ccc(NC(=O)CN(C)CC(=O)Nc2ccc(N3CCOCC3)cc2)cc1F. The van der Waals surface area contributed by atoms with Crippen LogP contribution in [-0.4, -0.2) is 63.2 Å². The number of anilines is 3. The number of nitrogens with one attached hydrogen (secondary N) is 2. The number of likely N-dealkylation sites (N-methyl/N-ethyl adjacent to an activating group) is 1. The average Bonchev–Trinajstić information content (AvgIpc) is 2.71. The topological polar surface area (TPSA) is 73.9 Å². The van der Waals surface area contributed by atoms with Gasteiger partial charge in [-0.3, -0.25) is 14.5 Å². The summed E-state index contributed by atoms with van der Waals surface area (Å²) in [6.07, 6.45) is 0. The monoisotopic (exact) mass is 414 g/mol. The van der Waals surface area contributed by atoms with Crippen LogP contribution in [0.5, 0.6) is 0 Å². The maximum Gasteiger partial charge on any atom is 0.238 e. The molecular formula is C22H27FN4O3. The second kappa shape index (κ2) is 10.2.